The Morgan fingerprint density at radius 2 is 1.88 bits per heavy atom. The number of aryl methyl sites for hydroxylation is 3. The molecule has 9 heteroatoms. The number of imidazole rings is 1. The Labute approximate surface area is 250 Å². The van der Waals surface area contributed by atoms with E-state index < -0.39 is 5.60 Å². The Kier molecular flexibility index (Phi) is 8.27. The van der Waals surface area contributed by atoms with E-state index in [-0.39, 0.29) is 6.09 Å². The number of carbonyl (C=O) groups excluding carboxylic acids is 1. The second kappa shape index (κ2) is 11.7. The first kappa shape index (κ1) is 28.9. The van der Waals surface area contributed by atoms with Gasteiger partial charge < -0.3 is 23.6 Å². The van der Waals surface area contributed by atoms with Gasteiger partial charge in [-0.2, -0.15) is 0 Å². The maximum atomic E-state index is 12.6. The van der Waals surface area contributed by atoms with Crippen molar-refractivity contribution in [2.75, 3.05) is 24.5 Å². The zero-order chi connectivity index (χ0) is 29.3. The number of anilines is 2. The Bertz CT molecular complexity index is 1500. The summed E-state index contributed by atoms with van der Waals surface area (Å²) in [7, 11) is 0. The molecule has 41 heavy (non-hydrogen) atoms. The van der Waals surface area contributed by atoms with Crippen molar-refractivity contribution < 1.29 is 14.1 Å². The predicted octanol–water partition coefficient (Wildman–Crippen LogP) is 8.00. The molecule has 1 saturated heterocycles. The average Bonchev–Trinajstić information content (AvgIpc) is 3.56. The molecule has 1 aliphatic rings. The van der Waals surface area contributed by atoms with Crippen LogP contribution >= 0.6 is 15.9 Å². The van der Waals surface area contributed by atoms with Gasteiger partial charge in [-0.25, -0.2) is 9.78 Å². The van der Waals surface area contributed by atoms with Crippen LogP contribution in [0, 0.1) is 26.7 Å². The van der Waals surface area contributed by atoms with E-state index in [9.17, 15) is 4.79 Å². The highest BCUT2D eigenvalue weighted by Gasteiger charge is 2.29. The van der Waals surface area contributed by atoms with Gasteiger partial charge in [-0.05, 0) is 118 Å². The molecule has 216 valence electrons. The summed E-state index contributed by atoms with van der Waals surface area (Å²) in [6, 6.07) is 13.0. The monoisotopic (exact) mass is 619 g/mol. The molecule has 0 atom stereocenters. The summed E-state index contributed by atoms with van der Waals surface area (Å²) in [6.07, 6.45) is 7.12. The molecule has 0 bridgehead atoms. The van der Waals surface area contributed by atoms with Crippen molar-refractivity contribution in [2.45, 2.75) is 60.0 Å². The third-order valence-electron chi connectivity index (χ3n) is 7.54. The summed E-state index contributed by atoms with van der Waals surface area (Å²) < 4.78 is 14.0. The van der Waals surface area contributed by atoms with Crippen molar-refractivity contribution in [3.63, 3.8) is 0 Å². The molecule has 0 N–H and O–H groups in total. The largest absolute Gasteiger partial charge is 0.444 e. The van der Waals surface area contributed by atoms with Gasteiger partial charge in [0.1, 0.15) is 11.4 Å². The minimum absolute atomic E-state index is 0.224. The molecule has 0 spiro atoms. The molecule has 5 rings (SSSR count). The van der Waals surface area contributed by atoms with E-state index in [4.69, 9.17) is 9.26 Å². The first-order chi connectivity index (χ1) is 19.5. The average molecular weight is 621 g/mol. The maximum absolute atomic E-state index is 12.6. The molecule has 1 aliphatic heterocycles. The number of carbonyl (C=O) groups is 1. The summed E-state index contributed by atoms with van der Waals surface area (Å²) in [5.41, 5.74) is 7.00. The molecule has 8 nitrogen and oxygen atoms in total. The van der Waals surface area contributed by atoms with Crippen molar-refractivity contribution >= 4 is 33.4 Å². The number of benzene rings is 2. The molecule has 2 aromatic heterocycles. The van der Waals surface area contributed by atoms with Crippen LogP contribution in [0.3, 0.4) is 0 Å². The van der Waals surface area contributed by atoms with Crippen LogP contribution in [0.2, 0.25) is 0 Å². The van der Waals surface area contributed by atoms with Gasteiger partial charge in [0.15, 0.2) is 0 Å². The second-order valence-electron chi connectivity index (χ2n) is 11.8. The highest BCUT2D eigenvalue weighted by Crippen LogP contribution is 2.37. The number of amides is 1. The number of hydrogen-bond donors (Lipinski definition) is 0. The lowest BCUT2D eigenvalue weighted by Crippen LogP contribution is -2.43. The van der Waals surface area contributed by atoms with E-state index in [1.807, 2.05) is 50.3 Å². The summed E-state index contributed by atoms with van der Waals surface area (Å²) in [5.74, 6) is 1.24. The zero-order valence-electron chi connectivity index (χ0n) is 24.6. The number of ether oxygens (including phenoxy) is 1. The lowest BCUT2D eigenvalue weighted by atomic mass is 9.95. The quantitative estimate of drug-likeness (QED) is 0.218. The highest BCUT2D eigenvalue weighted by molar-refractivity contribution is 9.10. The van der Waals surface area contributed by atoms with Crippen LogP contribution in [0.4, 0.5) is 16.2 Å². The lowest BCUT2D eigenvalue weighted by Gasteiger charge is -2.37. The van der Waals surface area contributed by atoms with Gasteiger partial charge in [-0.15, -0.1) is 0 Å². The van der Waals surface area contributed by atoms with Crippen molar-refractivity contribution in [3.05, 3.63) is 76.6 Å². The second-order valence-corrected chi connectivity index (χ2v) is 12.7. The summed E-state index contributed by atoms with van der Waals surface area (Å²) in [4.78, 5) is 21.1. The molecule has 0 radical (unpaired) electrons. The highest BCUT2D eigenvalue weighted by atomic mass is 79.9. The summed E-state index contributed by atoms with van der Waals surface area (Å²) >= 11 is 3.80. The van der Waals surface area contributed by atoms with Crippen LogP contribution in [0.15, 0.2) is 64.1 Å². The number of likely N-dealkylation sites (tertiary alicyclic amines) is 1. The van der Waals surface area contributed by atoms with Gasteiger partial charge >= 0.3 is 6.09 Å². The third kappa shape index (κ3) is 6.50. The van der Waals surface area contributed by atoms with Gasteiger partial charge in [0, 0.05) is 53.4 Å². The zero-order valence-corrected chi connectivity index (χ0v) is 26.2. The van der Waals surface area contributed by atoms with Crippen LogP contribution in [-0.4, -0.2) is 50.9 Å². The Morgan fingerprint density at radius 1 is 1.12 bits per heavy atom. The van der Waals surface area contributed by atoms with Crippen LogP contribution < -0.4 is 4.90 Å². The van der Waals surface area contributed by atoms with E-state index in [0.717, 1.165) is 63.5 Å². The Balaban J connectivity index is 1.43. The van der Waals surface area contributed by atoms with Crippen molar-refractivity contribution in [1.82, 2.24) is 19.6 Å². The number of aromatic nitrogens is 3. The number of halogens is 1. The fraction of sp³-hybridized carbons (Fsp3) is 0.406. The standard InChI is InChI=1S/C32H38BrN5O3/c1-21-17-25(30-22(2)35-41-23(30)3)7-9-28(21)38(26-8-10-29(27(33)18-26)37-16-13-34-20-37)19-24-11-14-36(15-12-24)31(39)40-32(4,5)6/h7-10,13,16-18,20,24H,11-12,14-15,19H2,1-6H3. The number of rotatable bonds is 6. The van der Waals surface area contributed by atoms with E-state index >= 15 is 0 Å². The SMILES string of the molecule is Cc1cc(-c2c(C)noc2C)ccc1N(CC1CCN(C(=O)OC(C)(C)C)CC1)c1ccc(-n2ccnc2)c(Br)c1. The van der Waals surface area contributed by atoms with Gasteiger partial charge in [0.05, 0.1) is 17.7 Å². The molecule has 4 aromatic rings. The fourth-order valence-corrected chi connectivity index (χ4v) is 6.08. The minimum Gasteiger partial charge on any atom is -0.444 e. The molecular formula is C32H38BrN5O3. The molecule has 0 unspecified atom stereocenters. The Morgan fingerprint density at radius 3 is 2.46 bits per heavy atom. The molecule has 2 aromatic carbocycles. The van der Waals surface area contributed by atoms with E-state index in [1.165, 1.54) is 5.56 Å². The number of hydrogen-bond acceptors (Lipinski definition) is 6. The van der Waals surface area contributed by atoms with E-state index in [0.29, 0.717) is 19.0 Å². The minimum atomic E-state index is -0.492. The Hall–Kier alpha value is -3.59. The smallest absolute Gasteiger partial charge is 0.410 e. The molecule has 1 fully saturated rings. The maximum Gasteiger partial charge on any atom is 0.410 e. The van der Waals surface area contributed by atoms with Crippen molar-refractivity contribution in [2.24, 2.45) is 5.92 Å². The molecule has 1 amide bonds. The van der Waals surface area contributed by atoms with Gasteiger partial charge in [0.25, 0.3) is 0 Å². The molecular weight excluding hydrogens is 582 g/mol. The number of piperidine rings is 1. The van der Waals surface area contributed by atoms with Crippen LogP contribution in [-0.2, 0) is 4.74 Å². The predicted molar refractivity (Wildman–Crippen MR) is 165 cm³/mol. The van der Waals surface area contributed by atoms with Crippen LogP contribution in [0.5, 0.6) is 0 Å². The number of nitrogens with zero attached hydrogens (tertiary/aromatic N) is 5. The summed E-state index contributed by atoms with van der Waals surface area (Å²) in [5, 5.41) is 4.15. The summed E-state index contributed by atoms with van der Waals surface area (Å²) in [6.45, 7) is 14.0. The third-order valence-corrected chi connectivity index (χ3v) is 8.18. The van der Waals surface area contributed by atoms with E-state index in [1.54, 1.807) is 12.5 Å². The van der Waals surface area contributed by atoms with Crippen LogP contribution in [0.1, 0.15) is 50.6 Å². The first-order valence-corrected chi connectivity index (χ1v) is 14.9. The topological polar surface area (TPSA) is 76.6 Å². The fourth-order valence-electron chi connectivity index (χ4n) is 5.51. The molecule has 3 heterocycles. The van der Waals surface area contributed by atoms with Gasteiger partial charge in [0.2, 0.25) is 0 Å². The van der Waals surface area contributed by atoms with Gasteiger partial charge in [-0.3, -0.25) is 0 Å². The van der Waals surface area contributed by atoms with E-state index in [2.05, 4.69) is 74.3 Å². The van der Waals surface area contributed by atoms with Crippen molar-refractivity contribution in [1.29, 1.82) is 0 Å². The van der Waals surface area contributed by atoms with Gasteiger partial charge in [-0.1, -0.05) is 11.2 Å². The van der Waals surface area contributed by atoms with Crippen LogP contribution in [0.25, 0.3) is 16.8 Å². The lowest BCUT2D eigenvalue weighted by molar-refractivity contribution is 0.0187. The molecule has 0 aliphatic carbocycles. The normalized spacial score (nSPS) is 14.4. The molecule has 0 saturated carbocycles. The van der Waals surface area contributed by atoms with Crippen molar-refractivity contribution in [3.8, 4) is 16.8 Å². The first-order valence-electron chi connectivity index (χ1n) is 14.1.